The lowest BCUT2D eigenvalue weighted by Crippen LogP contribution is -2.34. The Bertz CT molecular complexity index is 2350. The van der Waals surface area contributed by atoms with Gasteiger partial charge in [-0.25, -0.2) is 15.0 Å². The molecule has 0 fully saturated rings. The summed E-state index contributed by atoms with van der Waals surface area (Å²) in [5, 5.41) is 0. The van der Waals surface area contributed by atoms with Gasteiger partial charge >= 0.3 is 0 Å². The lowest BCUT2D eigenvalue weighted by Gasteiger charge is -2.42. The first-order valence-electron chi connectivity index (χ1n) is 16.8. The number of rotatable bonds is 6. The molecule has 7 aromatic carbocycles. The monoisotopic (exact) mass is 657 g/mol. The van der Waals surface area contributed by atoms with E-state index in [0.717, 1.165) is 27.8 Å². The summed E-state index contributed by atoms with van der Waals surface area (Å²) in [5.74, 6) is 1.96. The average Bonchev–Trinajstić information content (AvgIpc) is 3.21. The van der Waals surface area contributed by atoms with E-state index in [9.17, 15) is 0 Å². The Morgan fingerprint density at radius 3 is 1.36 bits per heavy atom. The van der Waals surface area contributed by atoms with Crippen LogP contribution in [0.3, 0.4) is 0 Å². The number of nitrogens with zero attached hydrogens (tertiary/aromatic N) is 3. The number of aromatic nitrogens is 3. The van der Waals surface area contributed by atoms with Gasteiger partial charge in [-0.1, -0.05) is 182 Å². The Morgan fingerprint density at radius 2 is 0.760 bits per heavy atom. The molecule has 0 spiro atoms. The molecule has 0 amide bonds. The van der Waals surface area contributed by atoms with Crippen LogP contribution in [0.15, 0.2) is 198 Å². The summed E-state index contributed by atoms with van der Waals surface area (Å²) >= 11 is 1.85. The molecule has 50 heavy (non-hydrogen) atoms. The molecule has 1 aliphatic heterocycles. The number of hydrogen-bond donors (Lipinski definition) is 0. The fourth-order valence-electron chi connectivity index (χ4n) is 7.17. The van der Waals surface area contributed by atoms with Crippen LogP contribution in [-0.2, 0) is 5.41 Å². The van der Waals surface area contributed by atoms with E-state index < -0.39 is 5.41 Å². The number of hydrogen-bond acceptors (Lipinski definition) is 4. The van der Waals surface area contributed by atoms with Crippen molar-refractivity contribution in [2.45, 2.75) is 15.2 Å². The Labute approximate surface area is 296 Å². The Morgan fingerprint density at radius 1 is 0.320 bits per heavy atom. The third-order valence-electron chi connectivity index (χ3n) is 9.46. The molecule has 0 N–H and O–H groups in total. The summed E-state index contributed by atoms with van der Waals surface area (Å²) in [6.45, 7) is 0. The minimum atomic E-state index is -0.452. The van der Waals surface area contributed by atoms with Gasteiger partial charge in [0.1, 0.15) is 0 Å². The molecule has 0 saturated carbocycles. The van der Waals surface area contributed by atoms with Gasteiger partial charge in [0.05, 0.1) is 5.41 Å². The van der Waals surface area contributed by atoms with Gasteiger partial charge in [0.2, 0.25) is 0 Å². The van der Waals surface area contributed by atoms with Gasteiger partial charge in [-0.2, -0.15) is 0 Å². The predicted molar refractivity (Wildman–Crippen MR) is 204 cm³/mol. The normalized spacial score (nSPS) is 12.9. The zero-order valence-electron chi connectivity index (χ0n) is 27.1. The Hall–Kier alpha value is -6.10. The van der Waals surface area contributed by atoms with Gasteiger partial charge in [-0.05, 0) is 51.6 Å². The van der Waals surface area contributed by atoms with Gasteiger partial charge < -0.3 is 0 Å². The molecule has 0 radical (unpaired) electrons. The fourth-order valence-corrected chi connectivity index (χ4v) is 8.40. The molecule has 236 valence electrons. The minimum absolute atomic E-state index is 0.452. The van der Waals surface area contributed by atoms with E-state index in [4.69, 9.17) is 15.0 Å². The van der Waals surface area contributed by atoms with Crippen molar-refractivity contribution in [3.63, 3.8) is 0 Å². The first-order valence-corrected chi connectivity index (χ1v) is 17.6. The van der Waals surface area contributed by atoms with E-state index >= 15 is 0 Å². The molecule has 0 bridgehead atoms. The van der Waals surface area contributed by atoms with E-state index in [1.807, 2.05) is 72.4 Å². The second-order valence-electron chi connectivity index (χ2n) is 12.4. The van der Waals surface area contributed by atoms with Gasteiger partial charge in [0.15, 0.2) is 17.5 Å². The van der Waals surface area contributed by atoms with E-state index in [1.54, 1.807) is 0 Å². The average molecular weight is 658 g/mol. The highest BCUT2D eigenvalue weighted by atomic mass is 32.2. The molecule has 0 saturated heterocycles. The number of benzene rings is 7. The molecular weight excluding hydrogens is 627 g/mol. The summed E-state index contributed by atoms with van der Waals surface area (Å²) in [7, 11) is 0. The summed E-state index contributed by atoms with van der Waals surface area (Å²) in [6.07, 6.45) is 0. The summed E-state index contributed by atoms with van der Waals surface area (Å²) < 4.78 is 0. The lowest BCUT2D eigenvalue weighted by atomic mass is 9.64. The van der Waals surface area contributed by atoms with Crippen molar-refractivity contribution in [1.82, 2.24) is 15.0 Å². The Kier molecular flexibility index (Phi) is 7.64. The Balaban J connectivity index is 1.19. The SMILES string of the molecule is c1ccc(-c2nc(-c3ccccc3)nc(-c3cccc(-c4ccc5c(c4)Sc4ccccc4C5(c4ccccc4)c4ccccc4)c3)n2)cc1. The molecule has 0 unspecified atom stereocenters. The van der Waals surface area contributed by atoms with Crippen LogP contribution in [0.2, 0.25) is 0 Å². The second kappa shape index (κ2) is 12.7. The van der Waals surface area contributed by atoms with Crippen LogP contribution in [-0.4, -0.2) is 15.0 Å². The molecule has 1 aliphatic rings. The summed E-state index contributed by atoms with van der Waals surface area (Å²) in [5.41, 5.74) is 9.77. The highest BCUT2D eigenvalue weighted by molar-refractivity contribution is 7.99. The largest absolute Gasteiger partial charge is 0.208 e. The van der Waals surface area contributed by atoms with Crippen molar-refractivity contribution in [3.05, 3.63) is 210 Å². The fraction of sp³-hybridized carbons (Fsp3) is 0.0217. The smallest absolute Gasteiger partial charge is 0.164 e. The molecule has 4 heteroatoms. The molecule has 0 atom stereocenters. The van der Waals surface area contributed by atoms with Crippen LogP contribution in [0.1, 0.15) is 22.3 Å². The maximum atomic E-state index is 4.99. The van der Waals surface area contributed by atoms with E-state index in [2.05, 4.69) is 127 Å². The maximum Gasteiger partial charge on any atom is 0.164 e. The van der Waals surface area contributed by atoms with Crippen molar-refractivity contribution in [3.8, 4) is 45.3 Å². The predicted octanol–water partition coefficient (Wildman–Crippen LogP) is 11.4. The van der Waals surface area contributed by atoms with Crippen LogP contribution in [0.25, 0.3) is 45.3 Å². The second-order valence-corrected chi connectivity index (χ2v) is 13.5. The van der Waals surface area contributed by atoms with Crippen molar-refractivity contribution in [2.24, 2.45) is 0 Å². The van der Waals surface area contributed by atoms with Gasteiger partial charge in [-0.15, -0.1) is 0 Å². The maximum absolute atomic E-state index is 4.99. The first kappa shape index (κ1) is 30.0. The highest BCUT2D eigenvalue weighted by Gasteiger charge is 2.44. The van der Waals surface area contributed by atoms with Crippen LogP contribution < -0.4 is 0 Å². The first-order chi connectivity index (χ1) is 24.8. The molecule has 1 aromatic heterocycles. The van der Waals surface area contributed by atoms with Gasteiger partial charge in [0.25, 0.3) is 0 Å². The topological polar surface area (TPSA) is 38.7 Å². The molecular formula is C46H31N3S. The number of fused-ring (bicyclic) bond motifs is 2. The van der Waals surface area contributed by atoms with Crippen molar-refractivity contribution in [2.75, 3.05) is 0 Å². The third kappa shape index (κ3) is 5.22. The van der Waals surface area contributed by atoms with Crippen molar-refractivity contribution >= 4 is 11.8 Å². The molecule has 9 rings (SSSR count). The van der Waals surface area contributed by atoms with E-state index in [-0.39, 0.29) is 0 Å². The van der Waals surface area contributed by atoms with Crippen LogP contribution >= 0.6 is 11.8 Å². The molecule has 3 nitrogen and oxygen atoms in total. The van der Waals surface area contributed by atoms with Gasteiger partial charge in [0, 0.05) is 26.5 Å². The minimum Gasteiger partial charge on any atom is -0.208 e. The van der Waals surface area contributed by atoms with Crippen LogP contribution in [0, 0.1) is 0 Å². The van der Waals surface area contributed by atoms with E-state index in [1.165, 1.54) is 32.0 Å². The van der Waals surface area contributed by atoms with Gasteiger partial charge in [-0.3, -0.25) is 0 Å². The van der Waals surface area contributed by atoms with Crippen LogP contribution in [0.5, 0.6) is 0 Å². The van der Waals surface area contributed by atoms with Crippen LogP contribution in [0.4, 0.5) is 0 Å². The van der Waals surface area contributed by atoms with Crippen molar-refractivity contribution in [1.29, 1.82) is 0 Å². The summed E-state index contributed by atoms with van der Waals surface area (Å²) in [6, 6.07) is 66.5. The lowest BCUT2D eigenvalue weighted by molar-refractivity contribution is 0.703. The standard InChI is InChI=1S/C46H31N3S/c1-5-16-32(17-6-1)43-47-44(33-18-7-2-8-19-33)49-45(48-43)36-21-15-20-34(30-36)35-28-29-40-42(31-35)50-41-27-14-13-26-39(41)46(40,37-22-9-3-10-23-37)38-24-11-4-12-25-38/h1-31H. The molecule has 2 heterocycles. The molecule has 0 aliphatic carbocycles. The summed E-state index contributed by atoms with van der Waals surface area (Å²) in [4.78, 5) is 17.4. The van der Waals surface area contributed by atoms with Crippen molar-refractivity contribution < 1.29 is 0 Å². The zero-order chi connectivity index (χ0) is 33.3. The van der Waals surface area contributed by atoms with E-state index in [0.29, 0.717) is 17.5 Å². The quantitative estimate of drug-likeness (QED) is 0.178. The highest BCUT2D eigenvalue weighted by Crippen LogP contribution is 2.56. The third-order valence-corrected chi connectivity index (χ3v) is 10.6. The molecule has 8 aromatic rings. The zero-order valence-corrected chi connectivity index (χ0v) is 28.0.